The van der Waals surface area contributed by atoms with Gasteiger partial charge in [-0.2, -0.15) is 0 Å². The maximum absolute atomic E-state index is 6.21. The number of halogens is 1. The zero-order valence-electron chi connectivity index (χ0n) is 11.3. The average Bonchev–Trinajstić information content (AvgIpc) is 2.43. The van der Waals surface area contributed by atoms with Gasteiger partial charge in [0.05, 0.1) is 0 Å². The standard InChI is InChI=1S/C17H20ClN/c1-13-6-8-14(9-7-13)10-15(12-19)11-16-4-2-3-5-17(16)18/h2-9,15H,10-12,19H2,1H3. The minimum Gasteiger partial charge on any atom is -0.330 e. The van der Waals surface area contributed by atoms with Gasteiger partial charge in [0, 0.05) is 5.02 Å². The van der Waals surface area contributed by atoms with Gasteiger partial charge in [0.1, 0.15) is 0 Å². The third-order valence-electron chi connectivity index (χ3n) is 3.44. The summed E-state index contributed by atoms with van der Waals surface area (Å²) in [4.78, 5) is 0. The van der Waals surface area contributed by atoms with Crippen molar-refractivity contribution in [1.82, 2.24) is 0 Å². The van der Waals surface area contributed by atoms with Crippen LogP contribution in [0.3, 0.4) is 0 Å². The topological polar surface area (TPSA) is 26.0 Å². The second-order valence-electron chi connectivity index (χ2n) is 5.09. The summed E-state index contributed by atoms with van der Waals surface area (Å²) >= 11 is 6.21. The fourth-order valence-electron chi connectivity index (χ4n) is 2.27. The van der Waals surface area contributed by atoms with Crippen LogP contribution in [0.5, 0.6) is 0 Å². The normalized spacial score (nSPS) is 12.4. The van der Waals surface area contributed by atoms with E-state index in [2.05, 4.69) is 37.3 Å². The molecule has 0 fully saturated rings. The summed E-state index contributed by atoms with van der Waals surface area (Å²) in [5.74, 6) is 0.433. The Labute approximate surface area is 120 Å². The quantitative estimate of drug-likeness (QED) is 0.875. The molecular formula is C17H20ClN. The maximum atomic E-state index is 6.21. The molecule has 0 spiro atoms. The zero-order chi connectivity index (χ0) is 13.7. The molecule has 100 valence electrons. The van der Waals surface area contributed by atoms with Crippen LogP contribution in [0.4, 0.5) is 0 Å². The number of hydrogen-bond acceptors (Lipinski definition) is 1. The second-order valence-corrected chi connectivity index (χ2v) is 5.49. The Bertz CT molecular complexity index is 519. The van der Waals surface area contributed by atoms with Crippen LogP contribution in [0, 0.1) is 12.8 Å². The van der Waals surface area contributed by atoms with Crippen LogP contribution < -0.4 is 5.73 Å². The molecule has 0 heterocycles. The molecule has 2 heteroatoms. The van der Waals surface area contributed by atoms with E-state index in [4.69, 9.17) is 17.3 Å². The molecular weight excluding hydrogens is 254 g/mol. The Kier molecular flexibility index (Phi) is 5.00. The summed E-state index contributed by atoms with van der Waals surface area (Å²) in [6.07, 6.45) is 1.94. The van der Waals surface area contributed by atoms with E-state index in [0.29, 0.717) is 12.5 Å². The first kappa shape index (κ1) is 14.1. The first-order valence-corrected chi connectivity index (χ1v) is 7.06. The van der Waals surface area contributed by atoms with Crippen LogP contribution >= 0.6 is 11.6 Å². The maximum Gasteiger partial charge on any atom is 0.0438 e. The molecule has 0 aliphatic carbocycles. The van der Waals surface area contributed by atoms with E-state index in [9.17, 15) is 0 Å². The van der Waals surface area contributed by atoms with E-state index in [-0.39, 0.29) is 0 Å². The lowest BCUT2D eigenvalue weighted by Gasteiger charge is -2.16. The Morgan fingerprint density at radius 2 is 1.68 bits per heavy atom. The van der Waals surface area contributed by atoms with Gasteiger partial charge in [-0.3, -0.25) is 0 Å². The van der Waals surface area contributed by atoms with E-state index in [1.54, 1.807) is 0 Å². The van der Waals surface area contributed by atoms with Crippen molar-refractivity contribution in [2.24, 2.45) is 11.7 Å². The van der Waals surface area contributed by atoms with Crippen LogP contribution in [-0.2, 0) is 12.8 Å². The number of benzene rings is 2. The number of nitrogens with two attached hydrogens (primary N) is 1. The van der Waals surface area contributed by atoms with E-state index < -0.39 is 0 Å². The van der Waals surface area contributed by atoms with Crippen LogP contribution in [0.2, 0.25) is 5.02 Å². The molecule has 0 aromatic heterocycles. The largest absolute Gasteiger partial charge is 0.330 e. The molecule has 0 amide bonds. The van der Waals surface area contributed by atoms with Crippen molar-refractivity contribution in [3.05, 3.63) is 70.2 Å². The van der Waals surface area contributed by atoms with Gasteiger partial charge >= 0.3 is 0 Å². The molecule has 1 atom stereocenters. The van der Waals surface area contributed by atoms with Crippen molar-refractivity contribution < 1.29 is 0 Å². The molecule has 0 saturated heterocycles. The summed E-state index contributed by atoms with van der Waals surface area (Å²) < 4.78 is 0. The molecule has 0 bridgehead atoms. The third-order valence-corrected chi connectivity index (χ3v) is 3.81. The molecule has 2 aromatic carbocycles. The Balaban J connectivity index is 2.05. The summed E-state index contributed by atoms with van der Waals surface area (Å²) in [6.45, 7) is 2.78. The van der Waals surface area contributed by atoms with Gasteiger partial charge in [0.25, 0.3) is 0 Å². The van der Waals surface area contributed by atoms with E-state index in [1.807, 2.05) is 18.2 Å². The SMILES string of the molecule is Cc1ccc(CC(CN)Cc2ccccc2Cl)cc1. The van der Waals surface area contributed by atoms with Gasteiger partial charge in [0.2, 0.25) is 0 Å². The minimum absolute atomic E-state index is 0.433. The van der Waals surface area contributed by atoms with Gasteiger partial charge in [-0.15, -0.1) is 0 Å². The minimum atomic E-state index is 0.433. The third kappa shape index (κ3) is 4.09. The molecule has 1 unspecified atom stereocenters. The first-order chi connectivity index (χ1) is 9.19. The molecule has 0 aliphatic rings. The predicted molar refractivity (Wildman–Crippen MR) is 82.6 cm³/mol. The summed E-state index contributed by atoms with van der Waals surface area (Å²) in [5, 5.41) is 0.838. The fourth-order valence-corrected chi connectivity index (χ4v) is 2.48. The van der Waals surface area contributed by atoms with Crippen molar-refractivity contribution in [1.29, 1.82) is 0 Å². The van der Waals surface area contributed by atoms with Crippen LogP contribution in [0.15, 0.2) is 48.5 Å². The van der Waals surface area contributed by atoms with Crippen molar-refractivity contribution in [3.8, 4) is 0 Å². The Hall–Kier alpha value is -1.31. The highest BCUT2D eigenvalue weighted by Crippen LogP contribution is 2.20. The summed E-state index contributed by atoms with van der Waals surface area (Å²) in [5.41, 5.74) is 9.72. The first-order valence-electron chi connectivity index (χ1n) is 6.68. The Morgan fingerprint density at radius 3 is 2.32 bits per heavy atom. The monoisotopic (exact) mass is 273 g/mol. The lowest BCUT2D eigenvalue weighted by Crippen LogP contribution is -2.19. The van der Waals surface area contributed by atoms with Gasteiger partial charge in [-0.25, -0.2) is 0 Å². The molecule has 0 saturated carbocycles. The molecule has 2 aromatic rings. The molecule has 1 nitrogen and oxygen atoms in total. The van der Waals surface area contributed by atoms with Crippen LogP contribution in [-0.4, -0.2) is 6.54 Å². The molecule has 2 N–H and O–H groups in total. The second kappa shape index (κ2) is 6.74. The highest BCUT2D eigenvalue weighted by atomic mass is 35.5. The average molecular weight is 274 g/mol. The smallest absolute Gasteiger partial charge is 0.0438 e. The van der Waals surface area contributed by atoms with E-state index in [0.717, 1.165) is 17.9 Å². The van der Waals surface area contributed by atoms with Crippen LogP contribution in [0.1, 0.15) is 16.7 Å². The predicted octanol–water partition coefficient (Wildman–Crippen LogP) is 4.01. The van der Waals surface area contributed by atoms with Gasteiger partial charge in [0.15, 0.2) is 0 Å². The zero-order valence-corrected chi connectivity index (χ0v) is 12.0. The van der Waals surface area contributed by atoms with Crippen molar-refractivity contribution in [2.45, 2.75) is 19.8 Å². The molecule has 0 radical (unpaired) electrons. The van der Waals surface area contributed by atoms with Crippen molar-refractivity contribution >= 4 is 11.6 Å². The van der Waals surface area contributed by atoms with Gasteiger partial charge < -0.3 is 5.73 Å². The van der Waals surface area contributed by atoms with Gasteiger partial charge in [-0.05, 0) is 49.4 Å². The number of hydrogen-bond donors (Lipinski definition) is 1. The molecule has 2 rings (SSSR count). The molecule has 19 heavy (non-hydrogen) atoms. The Morgan fingerprint density at radius 1 is 1.00 bits per heavy atom. The van der Waals surface area contributed by atoms with Crippen LogP contribution in [0.25, 0.3) is 0 Å². The van der Waals surface area contributed by atoms with E-state index in [1.165, 1.54) is 16.7 Å². The lowest BCUT2D eigenvalue weighted by atomic mass is 9.92. The summed E-state index contributed by atoms with van der Waals surface area (Å²) in [6, 6.07) is 16.7. The highest BCUT2D eigenvalue weighted by molar-refractivity contribution is 6.31. The van der Waals surface area contributed by atoms with Crippen molar-refractivity contribution in [2.75, 3.05) is 6.54 Å². The lowest BCUT2D eigenvalue weighted by molar-refractivity contribution is 0.533. The summed E-state index contributed by atoms with van der Waals surface area (Å²) in [7, 11) is 0. The number of rotatable bonds is 5. The van der Waals surface area contributed by atoms with Gasteiger partial charge in [-0.1, -0.05) is 59.6 Å². The molecule has 0 aliphatic heterocycles. The van der Waals surface area contributed by atoms with E-state index >= 15 is 0 Å². The highest BCUT2D eigenvalue weighted by Gasteiger charge is 2.11. The fraction of sp³-hybridized carbons (Fsp3) is 0.294. The number of aryl methyl sites for hydroxylation is 1. The van der Waals surface area contributed by atoms with Crippen molar-refractivity contribution in [3.63, 3.8) is 0 Å².